The maximum atomic E-state index is 12.5. The minimum Gasteiger partial charge on any atom is -0.289 e. The molecule has 0 atom stereocenters. The van der Waals surface area contributed by atoms with Crippen LogP contribution in [0.15, 0.2) is 90.1 Å². The largest absolute Gasteiger partial charge is 0.289 e. The Hall–Kier alpha value is -3.25. The Labute approximate surface area is 161 Å². The van der Waals surface area contributed by atoms with Crippen molar-refractivity contribution in [3.05, 3.63) is 102 Å². The van der Waals surface area contributed by atoms with Crippen LogP contribution in [0, 0.1) is 0 Å². The van der Waals surface area contributed by atoms with E-state index in [4.69, 9.17) is 0 Å². The van der Waals surface area contributed by atoms with Gasteiger partial charge in [-0.05, 0) is 28.1 Å². The van der Waals surface area contributed by atoms with E-state index in [1.807, 2.05) is 84.9 Å². The zero-order valence-electron chi connectivity index (χ0n) is 14.4. The summed E-state index contributed by atoms with van der Waals surface area (Å²) in [5, 5.41) is 12.7. The van der Waals surface area contributed by atoms with Crippen molar-refractivity contribution in [2.45, 2.75) is 10.9 Å². The first kappa shape index (κ1) is 17.2. The predicted molar refractivity (Wildman–Crippen MR) is 105 cm³/mol. The highest BCUT2D eigenvalue weighted by Crippen LogP contribution is 2.23. The number of nitrogens with zero attached hydrogens (tertiary/aromatic N) is 4. The van der Waals surface area contributed by atoms with Gasteiger partial charge in [0.1, 0.15) is 0 Å². The summed E-state index contributed by atoms with van der Waals surface area (Å²) < 4.78 is 1.72. The molecular formula is C21H16N4OS. The van der Waals surface area contributed by atoms with E-state index in [0.29, 0.717) is 16.9 Å². The van der Waals surface area contributed by atoms with E-state index >= 15 is 0 Å². The number of ketones is 1. The fourth-order valence-electron chi connectivity index (χ4n) is 2.66. The molecule has 0 spiro atoms. The molecule has 27 heavy (non-hydrogen) atoms. The van der Waals surface area contributed by atoms with Crippen LogP contribution < -0.4 is 0 Å². The molecule has 1 heterocycles. The van der Waals surface area contributed by atoms with Crippen LogP contribution in [0.1, 0.15) is 21.5 Å². The van der Waals surface area contributed by atoms with Crippen molar-refractivity contribution in [3.63, 3.8) is 0 Å². The van der Waals surface area contributed by atoms with Crippen LogP contribution in [0.3, 0.4) is 0 Å². The number of carbonyl (C=O) groups excluding carboxylic acids is 1. The lowest BCUT2D eigenvalue weighted by Gasteiger charge is -2.05. The number of aromatic nitrogens is 4. The first-order chi connectivity index (χ1) is 13.3. The molecule has 0 aliphatic heterocycles. The Kier molecular flexibility index (Phi) is 5.07. The Morgan fingerprint density at radius 3 is 2.15 bits per heavy atom. The van der Waals surface area contributed by atoms with Crippen molar-refractivity contribution >= 4 is 17.5 Å². The third-order valence-corrected chi connectivity index (χ3v) is 5.05. The van der Waals surface area contributed by atoms with Gasteiger partial charge in [0.25, 0.3) is 0 Å². The third-order valence-electron chi connectivity index (χ3n) is 4.06. The van der Waals surface area contributed by atoms with E-state index < -0.39 is 0 Å². The number of hydrogen-bond acceptors (Lipinski definition) is 5. The third kappa shape index (κ3) is 3.96. The van der Waals surface area contributed by atoms with E-state index in [1.165, 1.54) is 0 Å². The van der Waals surface area contributed by atoms with Crippen molar-refractivity contribution in [2.75, 3.05) is 0 Å². The van der Waals surface area contributed by atoms with Gasteiger partial charge in [0.15, 0.2) is 5.78 Å². The SMILES string of the molecule is O=C(c1ccccc1)c1ccc(CSc2nnnn2-c2ccccc2)cc1. The van der Waals surface area contributed by atoms with E-state index in [-0.39, 0.29) is 5.78 Å². The number of tetrazole rings is 1. The minimum atomic E-state index is 0.0304. The maximum absolute atomic E-state index is 12.5. The molecule has 6 heteroatoms. The highest BCUT2D eigenvalue weighted by atomic mass is 32.2. The topological polar surface area (TPSA) is 60.7 Å². The molecule has 0 fully saturated rings. The molecule has 0 N–H and O–H groups in total. The zero-order chi connectivity index (χ0) is 18.5. The average Bonchev–Trinajstić information content (AvgIpc) is 3.22. The lowest BCUT2D eigenvalue weighted by Crippen LogP contribution is -2.01. The molecule has 0 aliphatic rings. The second-order valence-electron chi connectivity index (χ2n) is 5.89. The molecule has 0 radical (unpaired) electrons. The van der Waals surface area contributed by atoms with Crippen molar-refractivity contribution in [3.8, 4) is 5.69 Å². The molecule has 1 aromatic heterocycles. The Bertz CT molecular complexity index is 1030. The highest BCUT2D eigenvalue weighted by Gasteiger charge is 2.10. The van der Waals surface area contributed by atoms with Gasteiger partial charge in [-0.25, -0.2) is 0 Å². The summed E-state index contributed by atoms with van der Waals surface area (Å²) in [6, 6.07) is 26.8. The van der Waals surface area contributed by atoms with Gasteiger partial charge in [0.05, 0.1) is 5.69 Å². The second-order valence-corrected chi connectivity index (χ2v) is 6.83. The van der Waals surface area contributed by atoms with Crippen LogP contribution in [0.2, 0.25) is 0 Å². The molecule has 0 saturated heterocycles. The molecule has 132 valence electrons. The van der Waals surface area contributed by atoms with E-state index in [2.05, 4.69) is 15.5 Å². The summed E-state index contributed by atoms with van der Waals surface area (Å²) in [4.78, 5) is 12.5. The fraction of sp³-hybridized carbons (Fsp3) is 0.0476. The number of hydrogen-bond donors (Lipinski definition) is 0. The predicted octanol–water partition coefficient (Wildman–Crippen LogP) is 4.19. The van der Waals surface area contributed by atoms with E-state index in [0.717, 1.165) is 16.4 Å². The summed E-state index contributed by atoms with van der Waals surface area (Å²) >= 11 is 1.55. The smallest absolute Gasteiger partial charge is 0.214 e. The number of thioether (sulfide) groups is 1. The fourth-order valence-corrected chi connectivity index (χ4v) is 3.50. The molecule has 0 amide bonds. The van der Waals surface area contributed by atoms with Gasteiger partial charge in [0, 0.05) is 16.9 Å². The lowest BCUT2D eigenvalue weighted by atomic mass is 10.0. The molecule has 0 unspecified atom stereocenters. The van der Waals surface area contributed by atoms with Gasteiger partial charge in [0.2, 0.25) is 5.16 Å². The van der Waals surface area contributed by atoms with Gasteiger partial charge in [-0.1, -0.05) is 84.6 Å². The molecule has 0 saturated carbocycles. The molecule has 4 aromatic rings. The van der Waals surface area contributed by atoms with Gasteiger partial charge in [-0.15, -0.1) is 5.10 Å². The number of carbonyl (C=O) groups is 1. The van der Waals surface area contributed by atoms with Crippen LogP contribution in [0.5, 0.6) is 0 Å². The normalized spacial score (nSPS) is 10.7. The first-order valence-corrected chi connectivity index (χ1v) is 9.45. The van der Waals surface area contributed by atoms with Gasteiger partial charge < -0.3 is 0 Å². The molecule has 4 rings (SSSR count). The Balaban J connectivity index is 1.45. The maximum Gasteiger partial charge on any atom is 0.214 e. The van der Waals surface area contributed by atoms with Gasteiger partial charge >= 0.3 is 0 Å². The second kappa shape index (κ2) is 7.97. The molecule has 0 aliphatic carbocycles. The van der Waals surface area contributed by atoms with Crippen molar-refractivity contribution in [1.82, 2.24) is 20.2 Å². The number of rotatable bonds is 6. The van der Waals surface area contributed by atoms with Crippen molar-refractivity contribution in [2.24, 2.45) is 0 Å². The van der Waals surface area contributed by atoms with Gasteiger partial charge in [-0.2, -0.15) is 4.68 Å². The number of benzene rings is 3. The Morgan fingerprint density at radius 1 is 0.815 bits per heavy atom. The van der Waals surface area contributed by atoms with Crippen molar-refractivity contribution < 1.29 is 4.79 Å². The summed E-state index contributed by atoms with van der Waals surface area (Å²) in [6.45, 7) is 0. The first-order valence-electron chi connectivity index (χ1n) is 8.46. The molecular weight excluding hydrogens is 356 g/mol. The lowest BCUT2D eigenvalue weighted by molar-refractivity contribution is 0.103. The summed E-state index contributed by atoms with van der Waals surface area (Å²) in [5.41, 5.74) is 3.41. The minimum absolute atomic E-state index is 0.0304. The van der Waals surface area contributed by atoms with Crippen LogP contribution in [-0.4, -0.2) is 26.0 Å². The molecule has 0 bridgehead atoms. The quantitative estimate of drug-likeness (QED) is 0.375. The monoisotopic (exact) mass is 372 g/mol. The van der Waals surface area contributed by atoms with Crippen molar-refractivity contribution in [1.29, 1.82) is 0 Å². The summed E-state index contributed by atoms with van der Waals surface area (Å²) in [7, 11) is 0. The van der Waals surface area contributed by atoms with Crippen LogP contribution in [-0.2, 0) is 5.75 Å². The van der Waals surface area contributed by atoms with E-state index in [1.54, 1.807) is 16.4 Å². The average molecular weight is 372 g/mol. The zero-order valence-corrected chi connectivity index (χ0v) is 15.2. The highest BCUT2D eigenvalue weighted by molar-refractivity contribution is 7.98. The van der Waals surface area contributed by atoms with Crippen LogP contribution in [0.25, 0.3) is 5.69 Å². The summed E-state index contributed by atoms with van der Waals surface area (Å²) in [6.07, 6.45) is 0. The molecule has 5 nitrogen and oxygen atoms in total. The van der Waals surface area contributed by atoms with Crippen LogP contribution in [0.4, 0.5) is 0 Å². The van der Waals surface area contributed by atoms with Crippen LogP contribution >= 0.6 is 11.8 Å². The standard InChI is InChI=1S/C21H16N4OS/c26-20(17-7-3-1-4-8-17)18-13-11-16(12-14-18)15-27-21-22-23-24-25(21)19-9-5-2-6-10-19/h1-14H,15H2. The molecule has 3 aromatic carbocycles. The summed E-state index contributed by atoms with van der Waals surface area (Å²) in [5.74, 6) is 0.746. The Morgan fingerprint density at radius 2 is 1.44 bits per heavy atom. The number of para-hydroxylation sites is 1. The van der Waals surface area contributed by atoms with E-state index in [9.17, 15) is 4.79 Å². The van der Waals surface area contributed by atoms with Gasteiger partial charge in [-0.3, -0.25) is 4.79 Å².